The Labute approximate surface area is 231 Å². The van der Waals surface area contributed by atoms with Gasteiger partial charge in [0.05, 0.1) is 12.5 Å². The molecule has 0 unspecified atom stereocenters. The Balaban J connectivity index is 1.55. The predicted octanol–water partition coefficient (Wildman–Crippen LogP) is 7.40. The number of amides is 1. The van der Waals surface area contributed by atoms with Crippen LogP contribution in [0.4, 0.5) is 0 Å². The molecule has 38 heavy (non-hydrogen) atoms. The molecular weight excluding hydrogens is 474 g/mol. The molecule has 5 rings (SSSR count). The van der Waals surface area contributed by atoms with Gasteiger partial charge in [-0.25, -0.2) is 5.48 Å². The van der Waals surface area contributed by atoms with Gasteiger partial charge in [-0.1, -0.05) is 60.1 Å². The van der Waals surface area contributed by atoms with Crippen molar-refractivity contribution < 1.29 is 19.2 Å². The Morgan fingerprint density at radius 3 is 2.24 bits per heavy atom. The van der Waals surface area contributed by atoms with Gasteiger partial charge < -0.3 is 4.74 Å². The minimum absolute atomic E-state index is 0.00627. The van der Waals surface area contributed by atoms with Crippen molar-refractivity contribution in [2.24, 2.45) is 50.2 Å². The van der Waals surface area contributed by atoms with Crippen molar-refractivity contribution in [2.75, 3.05) is 7.11 Å². The number of nitrogens with one attached hydrogen (secondary N) is 1. The first-order valence-electron chi connectivity index (χ1n) is 15.3. The summed E-state index contributed by atoms with van der Waals surface area (Å²) < 4.78 is 5.90. The molecule has 0 aromatic heterocycles. The number of esters is 1. The molecule has 0 spiro atoms. The van der Waals surface area contributed by atoms with Crippen LogP contribution in [0.5, 0.6) is 0 Å². The lowest BCUT2D eigenvalue weighted by atomic mass is 9.33. The molecule has 5 heteroatoms. The van der Waals surface area contributed by atoms with Gasteiger partial charge in [-0.15, -0.1) is 0 Å². The first-order valence-corrected chi connectivity index (χ1v) is 15.3. The summed E-state index contributed by atoms with van der Waals surface area (Å²) in [6, 6.07) is 0. The highest BCUT2D eigenvalue weighted by atomic mass is 16.6. The van der Waals surface area contributed by atoms with Gasteiger partial charge in [-0.05, 0) is 104 Å². The topological polar surface area (TPSA) is 64.6 Å². The molecule has 0 aliphatic heterocycles. The van der Waals surface area contributed by atoms with Crippen molar-refractivity contribution in [2.45, 2.75) is 126 Å². The molecule has 0 radical (unpaired) electrons. The highest BCUT2D eigenvalue weighted by Gasteiger charge is 2.69. The van der Waals surface area contributed by atoms with Crippen molar-refractivity contribution >= 4 is 11.9 Å². The molecule has 1 N–H and O–H groups in total. The van der Waals surface area contributed by atoms with Gasteiger partial charge in [0, 0.05) is 12.3 Å². The number of hydrogen-bond donors (Lipinski definition) is 1. The van der Waals surface area contributed by atoms with E-state index in [-0.39, 0.29) is 56.4 Å². The van der Waals surface area contributed by atoms with Crippen LogP contribution in [-0.4, -0.2) is 25.1 Å². The maximum absolute atomic E-state index is 13.6. The second-order valence-electron chi connectivity index (χ2n) is 16.0. The van der Waals surface area contributed by atoms with E-state index in [4.69, 9.17) is 9.57 Å². The van der Waals surface area contributed by atoms with Crippen LogP contribution in [0.25, 0.3) is 0 Å². The fraction of sp³-hybridized carbons (Fsp3) is 0.879. The van der Waals surface area contributed by atoms with Crippen LogP contribution in [-0.2, 0) is 19.2 Å². The molecule has 0 heterocycles. The molecule has 0 bridgehead atoms. The standard InChI is InChI=1S/C33H53NO4/c1-21(35)38-26-13-14-30(6)24(29(26,4)5)12-15-32(8)25(30)11-10-22-23-20-28(2,3)16-18-33(23,27(36)34-37-9)19-17-31(22,32)7/h10,23-26H,11-20H2,1-9H3,(H,34,36)/t23-,24-,25+,26-,30-,31+,32+,33-/m0/s1. The summed E-state index contributed by atoms with van der Waals surface area (Å²) in [5, 5.41) is 0. The second-order valence-corrected chi connectivity index (χ2v) is 16.0. The lowest BCUT2D eigenvalue weighted by Gasteiger charge is -2.71. The van der Waals surface area contributed by atoms with Gasteiger partial charge in [0.15, 0.2) is 0 Å². The Morgan fingerprint density at radius 1 is 0.895 bits per heavy atom. The number of allylic oxidation sites excluding steroid dienone is 2. The van der Waals surface area contributed by atoms with Crippen LogP contribution in [0, 0.1) is 50.2 Å². The van der Waals surface area contributed by atoms with E-state index in [9.17, 15) is 9.59 Å². The lowest BCUT2D eigenvalue weighted by Crippen LogP contribution is -2.65. The largest absolute Gasteiger partial charge is 0.462 e. The highest BCUT2D eigenvalue weighted by molar-refractivity contribution is 5.83. The van der Waals surface area contributed by atoms with Crippen LogP contribution in [0.2, 0.25) is 0 Å². The SMILES string of the molecule is CONC(=O)[C@]12CCC(C)(C)C[C@H]1C1=CC[C@@H]3[C@@]4(C)CC[C@H](OC(C)=O)C(C)(C)[C@@H]4CC[C@@]3(C)[C@]1(C)CC2. The zero-order chi connectivity index (χ0) is 27.9. The fourth-order valence-electron chi connectivity index (χ4n) is 11.2. The summed E-state index contributed by atoms with van der Waals surface area (Å²) >= 11 is 0. The minimum Gasteiger partial charge on any atom is -0.462 e. The third-order valence-electron chi connectivity index (χ3n) is 13.5. The molecule has 214 valence electrons. The van der Waals surface area contributed by atoms with Crippen molar-refractivity contribution in [1.82, 2.24) is 5.48 Å². The average Bonchev–Trinajstić information content (AvgIpc) is 2.81. The van der Waals surface area contributed by atoms with Gasteiger partial charge in [-0.2, -0.15) is 0 Å². The van der Waals surface area contributed by atoms with Gasteiger partial charge in [0.1, 0.15) is 6.10 Å². The van der Waals surface area contributed by atoms with E-state index in [1.807, 2.05) is 0 Å². The molecule has 4 fully saturated rings. The number of fused-ring (bicyclic) bond motifs is 7. The predicted molar refractivity (Wildman–Crippen MR) is 150 cm³/mol. The smallest absolute Gasteiger partial charge is 0.302 e. The van der Waals surface area contributed by atoms with Crippen molar-refractivity contribution in [1.29, 1.82) is 0 Å². The molecule has 8 atom stereocenters. The first kappa shape index (κ1) is 28.2. The Morgan fingerprint density at radius 2 is 1.58 bits per heavy atom. The average molecular weight is 528 g/mol. The summed E-state index contributed by atoms with van der Waals surface area (Å²) in [7, 11) is 1.56. The van der Waals surface area contributed by atoms with Crippen LogP contribution < -0.4 is 5.48 Å². The van der Waals surface area contributed by atoms with E-state index in [0.717, 1.165) is 51.4 Å². The molecule has 5 aliphatic carbocycles. The summed E-state index contributed by atoms with van der Waals surface area (Å²) in [4.78, 5) is 30.7. The maximum Gasteiger partial charge on any atom is 0.302 e. The van der Waals surface area contributed by atoms with Crippen molar-refractivity contribution in [3.8, 4) is 0 Å². The molecule has 1 amide bonds. The fourth-order valence-corrected chi connectivity index (χ4v) is 11.2. The number of carbonyl (C=O) groups excluding carboxylic acids is 2. The number of ether oxygens (including phenoxy) is 1. The third-order valence-corrected chi connectivity index (χ3v) is 13.5. The molecule has 4 saturated carbocycles. The quantitative estimate of drug-likeness (QED) is 0.236. The number of hydrogen-bond acceptors (Lipinski definition) is 4. The van der Waals surface area contributed by atoms with Gasteiger partial charge >= 0.3 is 5.97 Å². The van der Waals surface area contributed by atoms with Crippen molar-refractivity contribution in [3.05, 3.63) is 11.6 Å². The van der Waals surface area contributed by atoms with Gasteiger partial charge in [-0.3, -0.25) is 14.4 Å². The second kappa shape index (κ2) is 8.82. The van der Waals surface area contributed by atoms with Crippen LogP contribution in [0.1, 0.15) is 120 Å². The van der Waals surface area contributed by atoms with Crippen LogP contribution >= 0.6 is 0 Å². The van der Waals surface area contributed by atoms with E-state index in [1.165, 1.54) is 12.8 Å². The summed E-state index contributed by atoms with van der Waals surface area (Å²) in [5.74, 6) is 1.35. The monoisotopic (exact) mass is 527 g/mol. The van der Waals surface area contributed by atoms with E-state index < -0.39 is 0 Å². The summed E-state index contributed by atoms with van der Waals surface area (Å²) in [6.07, 6.45) is 13.3. The molecule has 0 aromatic rings. The Hall–Kier alpha value is -1.36. The maximum atomic E-state index is 13.6. The van der Waals surface area contributed by atoms with E-state index in [1.54, 1.807) is 19.6 Å². The molecule has 5 nitrogen and oxygen atoms in total. The Bertz CT molecular complexity index is 1030. The van der Waals surface area contributed by atoms with Crippen molar-refractivity contribution in [3.63, 3.8) is 0 Å². The summed E-state index contributed by atoms with van der Waals surface area (Å²) in [5.41, 5.74) is 4.71. The highest BCUT2D eigenvalue weighted by Crippen LogP contribution is 2.75. The lowest BCUT2D eigenvalue weighted by molar-refractivity contribution is -0.212. The minimum atomic E-state index is -0.356. The van der Waals surface area contributed by atoms with E-state index in [2.05, 4.69) is 60.0 Å². The van der Waals surface area contributed by atoms with E-state index in [0.29, 0.717) is 11.8 Å². The van der Waals surface area contributed by atoms with Gasteiger partial charge in [0.2, 0.25) is 5.91 Å². The molecule has 0 saturated heterocycles. The third kappa shape index (κ3) is 3.72. The van der Waals surface area contributed by atoms with E-state index >= 15 is 0 Å². The zero-order valence-corrected chi connectivity index (χ0v) is 25.6. The van der Waals surface area contributed by atoms with Gasteiger partial charge in [0.25, 0.3) is 0 Å². The number of rotatable bonds is 3. The number of carbonyl (C=O) groups is 2. The zero-order valence-electron chi connectivity index (χ0n) is 25.6. The number of hydroxylamine groups is 1. The molecular formula is C33H53NO4. The molecule has 0 aromatic carbocycles. The van der Waals surface area contributed by atoms with Crippen LogP contribution in [0.15, 0.2) is 11.6 Å². The Kier molecular flexibility index (Phi) is 6.54. The summed E-state index contributed by atoms with van der Waals surface area (Å²) in [6.45, 7) is 18.8. The normalized spacial score (nSPS) is 46.8. The first-order chi connectivity index (χ1) is 17.6. The van der Waals surface area contributed by atoms with Crippen LogP contribution in [0.3, 0.4) is 0 Å². The molecule has 5 aliphatic rings.